The maximum atomic E-state index is 6.86. The van der Waals surface area contributed by atoms with Crippen molar-refractivity contribution in [3.8, 4) is 0 Å². The number of benzene rings is 4. The molecule has 1 saturated heterocycles. The van der Waals surface area contributed by atoms with Crippen LogP contribution in [0.15, 0.2) is 121 Å². The van der Waals surface area contributed by atoms with Crippen LogP contribution in [-0.4, -0.2) is 36.6 Å². The first-order valence-electron chi connectivity index (χ1n) is 13.6. The number of alkyl halides is 1. The predicted molar refractivity (Wildman–Crippen MR) is 156 cm³/mol. The Labute approximate surface area is 241 Å². The van der Waals surface area contributed by atoms with E-state index in [-0.39, 0.29) is 0 Å². The van der Waals surface area contributed by atoms with Crippen LogP contribution in [0.25, 0.3) is 0 Å². The molecule has 6 heteroatoms. The molecule has 1 heterocycles. The topological polar surface area (TPSA) is 46.2 Å². The van der Waals surface area contributed by atoms with E-state index >= 15 is 0 Å². The van der Waals surface area contributed by atoms with E-state index in [1.54, 1.807) is 0 Å². The van der Waals surface area contributed by atoms with Crippen LogP contribution >= 0.6 is 11.6 Å². The summed E-state index contributed by atoms with van der Waals surface area (Å²) in [6.07, 6.45) is -1.98. The van der Waals surface area contributed by atoms with Gasteiger partial charge in [-0.25, -0.2) is 0 Å². The van der Waals surface area contributed by atoms with Crippen LogP contribution in [0, 0.1) is 0 Å². The van der Waals surface area contributed by atoms with Crippen LogP contribution < -0.4 is 0 Å². The van der Waals surface area contributed by atoms with Crippen LogP contribution in [0.2, 0.25) is 0 Å². The van der Waals surface area contributed by atoms with Crippen LogP contribution in [0.5, 0.6) is 0 Å². The van der Waals surface area contributed by atoms with Crippen molar-refractivity contribution in [1.29, 1.82) is 0 Å². The van der Waals surface area contributed by atoms with E-state index in [2.05, 4.69) is 0 Å². The van der Waals surface area contributed by atoms with Crippen molar-refractivity contribution in [1.82, 2.24) is 0 Å². The molecule has 0 amide bonds. The van der Waals surface area contributed by atoms with Crippen molar-refractivity contribution in [3.63, 3.8) is 0 Å². The second kappa shape index (κ2) is 15.1. The van der Waals surface area contributed by atoms with Gasteiger partial charge < -0.3 is 23.7 Å². The van der Waals surface area contributed by atoms with E-state index < -0.39 is 30.0 Å². The van der Waals surface area contributed by atoms with Gasteiger partial charge in [0.15, 0.2) is 5.56 Å². The van der Waals surface area contributed by atoms with Crippen LogP contribution in [0.1, 0.15) is 22.3 Å². The normalized spacial score (nSPS) is 22.7. The van der Waals surface area contributed by atoms with Gasteiger partial charge in [-0.1, -0.05) is 133 Å². The molecule has 1 aliphatic rings. The minimum absolute atomic E-state index is 0.300. The lowest BCUT2D eigenvalue weighted by atomic mass is 9.99. The first kappa shape index (κ1) is 28.5. The molecule has 208 valence electrons. The zero-order valence-corrected chi connectivity index (χ0v) is 23.1. The fourth-order valence-electron chi connectivity index (χ4n) is 4.73. The molecule has 0 aromatic heterocycles. The van der Waals surface area contributed by atoms with Gasteiger partial charge in [0, 0.05) is 0 Å². The first-order chi connectivity index (χ1) is 19.8. The molecule has 0 bridgehead atoms. The lowest BCUT2D eigenvalue weighted by Crippen LogP contribution is -2.59. The minimum Gasteiger partial charge on any atom is -0.374 e. The van der Waals surface area contributed by atoms with Gasteiger partial charge in [0.05, 0.1) is 33.0 Å². The molecule has 1 fully saturated rings. The smallest absolute Gasteiger partial charge is 0.160 e. The number of halogens is 1. The van der Waals surface area contributed by atoms with Gasteiger partial charge in [-0.15, -0.1) is 0 Å². The molecule has 0 radical (unpaired) electrons. The number of hydrogen-bond acceptors (Lipinski definition) is 5. The zero-order valence-electron chi connectivity index (χ0n) is 22.4. The second-order valence-electron chi connectivity index (χ2n) is 9.81. The number of ether oxygens (including phenoxy) is 5. The molecular formula is C34H35ClO5. The third kappa shape index (κ3) is 8.24. The Hall–Kier alpha value is -3.03. The molecule has 0 saturated carbocycles. The third-order valence-electron chi connectivity index (χ3n) is 6.83. The Balaban J connectivity index is 1.36. The highest BCUT2D eigenvalue weighted by atomic mass is 35.5. The second-order valence-corrected chi connectivity index (χ2v) is 10.2. The summed E-state index contributed by atoms with van der Waals surface area (Å²) < 4.78 is 31.9. The SMILES string of the molecule is ClC1O[C@H](COCc2ccccc2)[C@H](OCc2ccccc2)[C@H](OCc2ccccc2)[C@H]1OCc1ccccc1. The molecule has 4 aromatic carbocycles. The summed E-state index contributed by atoms with van der Waals surface area (Å²) in [5.41, 5.74) is 3.50. The van der Waals surface area contributed by atoms with Crippen LogP contribution in [0.3, 0.4) is 0 Å². The van der Waals surface area contributed by atoms with Gasteiger partial charge in [0.2, 0.25) is 0 Å². The van der Waals surface area contributed by atoms with Gasteiger partial charge >= 0.3 is 0 Å². The monoisotopic (exact) mass is 558 g/mol. The van der Waals surface area contributed by atoms with E-state index in [1.165, 1.54) is 0 Å². The van der Waals surface area contributed by atoms with E-state index in [0.717, 1.165) is 22.3 Å². The molecule has 0 aliphatic carbocycles. The third-order valence-corrected chi connectivity index (χ3v) is 7.18. The van der Waals surface area contributed by atoms with Gasteiger partial charge in [-0.2, -0.15) is 0 Å². The molecule has 0 N–H and O–H groups in total. The molecule has 40 heavy (non-hydrogen) atoms. The average Bonchev–Trinajstić information content (AvgIpc) is 3.01. The highest BCUT2D eigenvalue weighted by Crippen LogP contribution is 2.32. The van der Waals surface area contributed by atoms with Crippen molar-refractivity contribution in [3.05, 3.63) is 144 Å². The molecule has 0 spiro atoms. The highest BCUT2D eigenvalue weighted by molar-refractivity contribution is 6.20. The summed E-state index contributed by atoms with van der Waals surface area (Å²) in [6.45, 7) is 1.93. The molecule has 4 aromatic rings. The van der Waals surface area contributed by atoms with E-state index in [4.69, 9.17) is 35.3 Å². The fourth-order valence-corrected chi connectivity index (χ4v) is 5.08. The molecule has 1 aliphatic heterocycles. The van der Waals surface area contributed by atoms with Crippen molar-refractivity contribution in [2.75, 3.05) is 6.61 Å². The van der Waals surface area contributed by atoms with Gasteiger partial charge in [0.25, 0.3) is 0 Å². The van der Waals surface area contributed by atoms with E-state index in [1.807, 2.05) is 121 Å². The lowest BCUT2D eigenvalue weighted by molar-refractivity contribution is -0.256. The lowest BCUT2D eigenvalue weighted by Gasteiger charge is -2.44. The molecular weight excluding hydrogens is 524 g/mol. The first-order valence-corrected chi connectivity index (χ1v) is 14.1. The van der Waals surface area contributed by atoms with E-state index in [0.29, 0.717) is 33.0 Å². The van der Waals surface area contributed by atoms with Crippen molar-refractivity contribution in [2.24, 2.45) is 0 Å². The molecule has 1 unspecified atom stereocenters. The standard InChI is InChI=1S/C34H35ClO5/c35-34-33(39-24-29-19-11-4-12-20-29)32(38-23-28-17-9-3-10-18-28)31(37-22-27-15-7-2-8-16-27)30(40-34)25-36-21-26-13-5-1-6-14-26/h1-20,30-34H,21-25H2/t30-,31+,32+,33-,34?/m1/s1. The average molecular weight is 559 g/mol. The van der Waals surface area contributed by atoms with Crippen molar-refractivity contribution in [2.45, 2.75) is 56.4 Å². The fraction of sp³-hybridized carbons (Fsp3) is 0.294. The van der Waals surface area contributed by atoms with Gasteiger partial charge in [0.1, 0.15) is 24.4 Å². The van der Waals surface area contributed by atoms with Crippen molar-refractivity contribution < 1.29 is 23.7 Å². The predicted octanol–water partition coefficient (Wildman–Crippen LogP) is 6.92. The number of rotatable bonds is 13. The Morgan fingerprint density at radius 1 is 0.475 bits per heavy atom. The summed E-state index contributed by atoms with van der Waals surface area (Å²) in [5.74, 6) is 0. The van der Waals surface area contributed by atoms with Crippen LogP contribution in [0.4, 0.5) is 0 Å². The Bertz CT molecular complexity index is 1240. The summed E-state index contributed by atoms with van der Waals surface area (Å²) >= 11 is 6.86. The molecule has 5 atom stereocenters. The summed E-state index contributed by atoms with van der Waals surface area (Å²) in [7, 11) is 0. The van der Waals surface area contributed by atoms with E-state index in [9.17, 15) is 0 Å². The van der Waals surface area contributed by atoms with Gasteiger partial charge in [-0.05, 0) is 22.3 Å². The molecule has 5 nitrogen and oxygen atoms in total. The molecule has 5 rings (SSSR count). The van der Waals surface area contributed by atoms with Crippen LogP contribution in [-0.2, 0) is 50.1 Å². The number of hydrogen-bond donors (Lipinski definition) is 0. The van der Waals surface area contributed by atoms with Crippen molar-refractivity contribution >= 4 is 11.6 Å². The zero-order chi connectivity index (χ0) is 27.4. The highest BCUT2D eigenvalue weighted by Gasteiger charge is 2.47. The largest absolute Gasteiger partial charge is 0.374 e. The summed E-state index contributed by atoms with van der Waals surface area (Å²) in [6, 6.07) is 40.2. The maximum absolute atomic E-state index is 6.86. The Morgan fingerprint density at radius 3 is 1.30 bits per heavy atom. The Morgan fingerprint density at radius 2 is 0.850 bits per heavy atom. The summed E-state index contributed by atoms with van der Waals surface area (Å²) in [4.78, 5) is 0. The Kier molecular flexibility index (Phi) is 10.8. The maximum Gasteiger partial charge on any atom is 0.160 e. The summed E-state index contributed by atoms with van der Waals surface area (Å²) in [5, 5.41) is 0. The quantitative estimate of drug-likeness (QED) is 0.167. The van der Waals surface area contributed by atoms with Gasteiger partial charge in [-0.3, -0.25) is 0 Å². The minimum atomic E-state index is -0.744.